The van der Waals surface area contributed by atoms with Gasteiger partial charge in [-0.05, 0) is 6.42 Å². The van der Waals surface area contributed by atoms with Crippen LogP contribution < -0.4 is 10.8 Å². The maximum Gasteiger partial charge on any atom is 0.209 e. The second-order valence-electron chi connectivity index (χ2n) is 10.5. The van der Waals surface area contributed by atoms with Crippen LogP contribution in [0.1, 0.15) is 149 Å². The summed E-state index contributed by atoms with van der Waals surface area (Å²) < 4.78 is 0.113. The van der Waals surface area contributed by atoms with Gasteiger partial charge in [0.1, 0.15) is 18.9 Å². The van der Waals surface area contributed by atoms with E-state index >= 15 is 0 Å². The molecule has 0 aromatic carbocycles. The second kappa shape index (κ2) is 20.0. The van der Waals surface area contributed by atoms with Crippen molar-refractivity contribution in [3.63, 3.8) is 0 Å². The lowest BCUT2D eigenvalue weighted by Gasteiger charge is -2.36. The molecule has 0 amide bonds. The number of aliphatic carboxylic acids is 1. The summed E-state index contributed by atoms with van der Waals surface area (Å²) in [7, 11) is 0. The van der Waals surface area contributed by atoms with Crippen molar-refractivity contribution in [2.75, 3.05) is 6.54 Å². The maximum atomic E-state index is 11.2. The highest BCUT2D eigenvalue weighted by atomic mass is 16.4. The Labute approximate surface area is 210 Å². The lowest BCUT2D eigenvalue weighted by Crippen LogP contribution is -2.60. The average Bonchev–Trinajstić information content (AvgIpc) is 3.20. The number of hydrogen-bond donors (Lipinski definition) is 1. The van der Waals surface area contributed by atoms with Crippen LogP contribution in [-0.4, -0.2) is 29.0 Å². The van der Waals surface area contributed by atoms with Gasteiger partial charge in [-0.3, -0.25) is 5.73 Å². The van der Waals surface area contributed by atoms with Gasteiger partial charge in [-0.2, -0.15) is 0 Å². The van der Waals surface area contributed by atoms with Crippen molar-refractivity contribution in [1.82, 2.24) is 0 Å². The van der Waals surface area contributed by atoms with E-state index in [1.807, 2.05) is 6.92 Å². The van der Waals surface area contributed by atoms with E-state index in [1.54, 1.807) is 12.4 Å². The predicted octanol–water partition coefficient (Wildman–Crippen LogP) is 6.95. The van der Waals surface area contributed by atoms with E-state index < -0.39 is 5.97 Å². The zero-order chi connectivity index (χ0) is 24.9. The van der Waals surface area contributed by atoms with Gasteiger partial charge in [0.2, 0.25) is 5.84 Å². The third kappa shape index (κ3) is 13.6. The first-order chi connectivity index (χ1) is 16.5. The van der Waals surface area contributed by atoms with Crippen LogP contribution in [0.5, 0.6) is 0 Å². The van der Waals surface area contributed by atoms with E-state index in [4.69, 9.17) is 5.73 Å². The first-order valence-electron chi connectivity index (χ1n) is 14.6. The number of carboxylic acid groups (broad SMARTS) is 1. The molecule has 0 radical (unpaired) electrons. The van der Waals surface area contributed by atoms with E-state index in [1.165, 1.54) is 122 Å². The van der Waals surface area contributed by atoms with Crippen LogP contribution in [0.3, 0.4) is 0 Å². The summed E-state index contributed by atoms with van der Waals surface area (Å²) in [5.41, 5.74) is 6.10. The Bertz CT molecular complexity index is 574. The molecule has 5 heteroatoms. The molecule has 0 bridgehead atoms. The number of carbonyl (C=O) groups excluding carboxylic acids is 1. The number of amidine groups is 1. The van der Waals surface area contributed by atoms with Gasteiger partial charge in [0.15, 0.2) is 0 Å². The third-order valence-corrected chi connectivity index (χ3v) is 7.41. The number of carboxylic acids is 1. The number of quaternary nitrogens is 1. The largest absolute Gasteiger partial charge is 0.544 e. The molecular weight excluding hydrogens is 422 g/mol. The summed E-state index contributed by atoms with van der Waals surface area (Å²) in [6, 6.07) is 0. The smallest absolute Gasteiger partial charge is 0.209 e. The maximum absolute atomic E-state index is 11.2. The van der Waals surface area contributed by atoms with Crippen LogP contribution >= 0.6 is 0 Å². The van der Waals surface area contributed by atoms with E-state index in [0.717, 1.165) is 18.7 Å². The Kier molecular flexibility index (Phi) is 18.2. The topological polar surface area (TPSA) is 78.5 Å². The summed E-state index contributed by atoms with van der Waals surface area (Å²) in [4.78, 5) is 15.6. The lowest BCUT2D eigenvalue weighted by atomic mass is 10.0. The standard InChI is InChI=1S/C29H55N3O2/c1-3-4-5-6-7-8-9-10-11-12-13-14-15-16-17-18-19-20-21-22-23-28-31-24-25-32(28,27(2)30)26-29(33)34/h24-25,27H,3-23,26,30H2,1-2H3. The first kappa shape index (κ1) is 30.8. The molecule has 0 aromatic heterocycles. The zero-order valence-electron chi connectivity index (χ0n) is 22.6. The highest BCUT2D eigenvalue weighted by Crippen LogP contribution is 2.23. The van der Waals surface area contributed by atoms with Crippen molar-refractivity contribution in [3.05, 3.63) is 12.4 Å². The number of rotatable bonds is 24. The van der Waals surface area contributed by atoms with Crippen LogP contribution in [0.15, 0.2) is 17.4 Å². The number of carbonyl (C=O) groups is 1. The lowest BCUT2D eigenvalue weighted by molar-refractivity contribution is -0.808. The molecule has 1 heterocycles. The number of nitrogens with zero attached hydrogens (tertiary/aromatic N) is 2. The van der Waals surface area contributed by atoms with Crippen molar-refractivity contribution >= 4 is 11.8 Å². The highest BCUT2D eigenvalue weighted by molar-refractivity contribution is 5.81. The molecule has 2 atom stereocenters. The molecule has 1 aliphatic rings. The summed E-state index contributed by atoms with van der Waals surface area (Å²) in [5, 5.41) is 11.2. The Morgan fingerprint density at radius 2 is 1.18 bits per heavy atom. The first-order valence-corrected chi connectivity index (χ1v) is 14.6. The minimum absolute atomic E-state index is 0.113. The number of unbranched alkanes of at least 4 members (excludes halogenated alkanes) is 19. The van der Waals surface area contributed by atoms with E-state index in [-0.39, 0.29) is 17.2 Å². The third-order valence-electron chi connectivity index (χ3n) is 7.41. The molecule has 0 saturated carbocycles. The normalized spacial score (nSPS) is 18.4. The predicted molar refractivity (Wildman–Crippen MR) is 143 cm³/mol. The van der Waals surface area contributed by atoms with Crippen molar-refractivity contribution in [3.8, 4) is 0 Å². The van der Waals surface area contributed by atoms with Crippen LogP contribution in [0, 0.1) is 0 Å². The molecule has 5 nitrogen and oxygen atoms in total. The van der Waals surface area contributed by atoms with Gasteiger partial charge in [-0.25, -0.2) is 9.48 Å². The fraction of sp³-hybridized carbons (Fsp3) is 0.862. The monoisotopic (exact) mass is 477 g/mol. The molecule has 0 fully saturated rings. The van der Waals surface area contributed by atoms with Crippen molar-refractivity contribution < 1.29 is 14.4 Å². The summed E-state index contributed by atoms with van der Waals surface area (Å²) in [6.07, 6.45) is 31.4. The average molecular weight is 478 g/mol. The molecule has 1 rings (SSSR count). The number of aliphatic imine (C=N–C) groups is 1. The molecule has 1 aliphatic heterocycles. The van der Waals surface area contributed by atoms with Gasteiger partial charge >= 0.3 is 0 Å². The van der Waals surface area contributed by atoms with E-state index in [9.17, 15) is 9.90 Å². The quantitative estimate of drug-likeness (QED) is 0.121. The van der Waals surface area contributed by atoms with Gasteiger partial charge < -0.3 is 9.90 Å². The molecular formula is C29H55N3O2. The molecule has 0 aliphatic carbocycles. The summed E-state index contributed by atoms with van der Waals surface area (Å²) in [6.45, 7) is 3.99. The molecule has 0 saturated heterocycles. The number of nitrogens with two attached hydrogens (primary N) is 1. The van der Waals surface area contributed by atoms with Crippen LogP contribution in [0.2, 0.25) is 0 Å². The number of hydrogen-bond acceptors (Lipinski definition) is 4. The molecule has 34 heavy (non-hydrogen) atoms. The van der Waals surface area contributed by atoms with E-state index in [2.05, 4.69) is 11.9 Å². The molecule has 2 unspecified atom stereocenters. The van der Waals surface area contributed by atoms with Crippen LogP contribution in [-0.2, 0) is 4.79 Å². The molecule has 0 spiro atoms. The Morgan fingerprint density at radius 3 is 1.53 bits per heavy atom. The SMILES string of the molecule is CCCCCCCCCCCCCCCCCCCCCCC1=NC=C[N+]1(CC(=O)[O-])C(C)N. The van der Waals surface area contributed by atoms with E-state index in [0.29, 0.717) is 0 Å². The van der Waals surface area contributed by atoms with Crippen molar-refractivity contribution in [1.29, 1.82) is 0 Å². The minimum Gasteiger partial charge on any atom is -0.544 e. The minimum atomic E-state index is -1.08. The van der Waals surface area contributed by atoms with Gasteiger partial charge in [-0.1, -0.05) is 129 Å². The van der Waals surface area contributed by atoms with Gasteiger partial charge in [-0.15, -0.1) is 0 Å². The summed E-state index contributed by atoms with van der Waals surface area (Å²) in [5.74, 6) is -0.221. The van der Waals surface area contributed by atoms with Crippen LogP contribution in [0.25, 0.3) is 0 Å². The Morgan fingerprint density at radius 1 is 0.794 bits per heavy atom. The fourth-order valence-electron chi connectivity index (χ4n) is 5.12. The van der Waals surface area contributed by atoms with Gasteiger partial charge in [0, 0.05) is 13.3 Å². The Hall–Kier alpha value is -1.20. The highest BCUT2D eigenvalue weighted by Gasteiger charge is 2.38. The molecule has 0 aromatic rings. The second-order valence-corrected chi connectivity index (χ2v) is 10.5. The molecule has 2 N–H and O–H groups in total. The fourth-order valence-corrected chi connectivity index (χ4v) is 5.12. The van der Waals surface area contributed by atoms with Crippen molar-refractivity contribution in [2.45, 2.75) is 155 Å². The van der Waals surface area contributed by atoms with Gasteiger partial charge in [0.05, 0.1) is 12.2 Å². The zero-order valence-corrected chi connectivity index (χ0v) is 22.6. The van der Waals surface area contributed by atoms with Gasteiger partial charge in [0.25, 0.3) is 0 Å². The Balaban J connectivity index is 1.88. The summed E-state index contributed by atoms with van der Waals surface area (Å²) >= 11 is 0. The van der Waals surface area contributed by atoms with Crippen LogP contribution in [0.4, 0.5) is 0 Å². The van der Waals surface area contributed by atoms with Crippen molar-refractivity contribution in [2.24, 2.45) is 10.7 Å². The molecule has 198 valence electrons.